The molecule has 1 aliphatic rings. The number of hydrogen-bond donors (Lipinski definition) is 1. The Morgan fingerprint density at radius 1 is 1.24 bits per heavy atom. The molecule has 2 heterocycles. The Hall–Kier alpha value is -1.16. The quantitative estimate of drug-likeness (QED) is 0.753. The van der Waals surface area contributed by atoms with E-state index in [1.165, 1.54) is 0 Å². The zero-order valence-electron chi connectivity index (χ0n) is 11.3. The van der Waals surface area contributed by atoms with E-state index in [9.17, 15) is 0 Å². The molecule has 1 aromatic carbocycles. The molecular formula is C15H13Cl3N2O. The van der Waals surface area contributed by atoms with Crippen molar-refractivity contribution < 1.29 is 4.74 Å². The van der Waals surface area contributed by atoms with Crippen LogP contribution in [0.25, 0.3) is 0 Å². The van der Waals surface area contributed by atoms with E-state index in [1.807, 2.05) is 19.1 Å². The zero-order chi connectivity index (χ0) is 15.0. The molecule has 110 valence electrons. The van der Waals surface area contributed by atoms with Crippen LogP contribution in [0.3, 0.4) is 0 Å². The second-order valence-electron chi connectivity index (χ2n) is 4.97. The first kappa shape index (κ1) is 14.8. The number of ether oxygens (including phenoxy) is 1. The second kappa shape index (κ2) is 5.91. The minimum Gasteiger partial charge on any atom is -0.492 e. The van der Waals surface area contributed by atoms with Gasteiger partial charge in [0.05, 0.1) is 29.6 Å². The van der Waals surface area contributed by atoms with Crippen LogP contribution in [0.5, 0.6) is 5.75 Å². The summed E-state index contributed by atoms with van der Waals surface area (Å²) in [6.45, 7) is 2.53. The van der Waals surface area contributed by atoms with Crippen LogP contribution < -0.4 is 10.1 Å². The van der Waals surface area contributed by atoms with E-state index in [2.05, 4.69) is 10.3 Å². The summed E-state index contributed by atoms with van der Waals surface area (Å²) in [7, 11) is 0. The van der Waals surface area contributed by atoms with Gasteiger partial charge in [-0.15, -0.1) is 0 Å². The van der Waals surface area contributed by atoms with Gasteiger partial charge in [0.2, 0.25) is 0 Å². The van der Waals surface area contributed by atoms with Crippen molar-refractivity contribution in [1.82, 2.24) is 4.98 Å². The molecule has 1 atom stereocenters. The molecule has 3 nitrogen and oxygen atoms in total. The first-order chi connectivity index (χ1) is 10.0. The Morgan fingerprint density at radius 2 is 2.05 bits per heavy atom. The minimum absolute atomic E-state index is 0.0762. The number of fused-ring (bicyclic) bond motifs is 1. The van der Waals surface area contributed by atoms with E-state index in [1.54, 1.807) is 12.3 Å². The standard InChI is InChI=1S/C15H13Cl3N2O/c1-8-4-10(7-19-15(8)18)20-13-2-3-21-14-11(13)5-9(16)6-12(14)17/h4-7,13,20H,2-3H2,1H3. The molecule has 0 spiro atoms. The highest BCUT2D eigenvalue weighted by Gasteiger charge is 2.24. The first-order valence-electron chi connectivity index (χ1n) is 6.55. The molecule has 1 N–H and O–H groups in total. The van der Waals surface area contributed by atoms with E-state index < -0.39 is 0 Å². The number of aromatic nitrogens is 1. The number of pyridine rings is 1. The topological polar surface area (TPSA) is 34.1 Å². The molecule has 3 rings (SSSR count). The predicted molar refractivity (Wildman–Crippen MR) is 86.9 cm³/mol. The third-order valence-corrected chi connectivity index (χ3v) is 4.32. The fourth-order valence-corrected chi connectivity index (χ4v) is 3.08. The van der Waals surface area contributed by atoms with Gasteiger partial charge < -0.3 is 10.1 Å². The van der Waals surface area contributed by atoms with Gasteiger partial charge in [-0.2, -0.15) is 0 Å². The van der Waals surface area contributed by atoms with Crippen molar-refractivity contribution in [3.05, 3.63) is 50.7 Å². The van der Waals surface area contributed by atoms with Crippen LogP contribution in [-0.4, -0.2) is 11.6 Å². The van der Waals surface area contributed by atoms with Gasteiger partial charge in [-0.3, -0.25) is 0 Å². The lowest BCUT2D eigenvalue weighted by atomic mass is 10.00. The summed E-state index contributed by atoms with van der Waals surface area (Å²) in [5.41, 5.74) is 2.80. The average molecular weight is 344 g/mol. The zero-order valence-corrected chi connectivity index (χ0v) is 13.6. The highest BCUT2D eigenvalue weighted by Crippen LogP contribution is 2.41. The van der Waals surface area contributed by atoms with Crippen LogP contribution in [0.4, 0.5) is 5.69 Å². The van der Waals surface area contributed by atoms with Crippen LogP contribution in [-0.2, 0) is 0 Å². The van der Waals surface area contributed by atoms with Crippen LogP contribution >= 0.6 is 34.8 Å². The van der Waals surface area contributed by atoms with Gasteiger partial charge in [-0.05, 0) is 30.7 Å². The summed E-state index contributed by atoms with van der Waals surface area (Å²) in [4.78, 5) is 4.15. The SMILES string of the molecule is Cc1cc(NC2CCOc3c(Cl)cc(Cl)cc32)cnc1Cl. The largest absolute Gasteiger partial charge is 0.492 e. The Morgan fingerprint density at radius 3 is 2.81 bits per heavy atom. The number of nitrogens with zero attached hydrogens (tertiary/aromatic N) is 1. The van der Waals surface area contributed by atoms with E-state index in [0.717, 1.165) is 23.2 Å². The van der Waals surface area contributed by atoms with E-state index in [-0.39, 0.29) is 6.04 Å². The molecule has 0 aliphatic carbocycles. The van der Waals surface area contributed by atoms with Crippen molar-refractivity contribution in [3.63, 3.8) is 0 Å². The Labute approximate surface area is 138 Å². The number of halogens is 3. The number of anilines is 1. The van der Waals surface area contributed by atoms with Crippen LogP contribution in [0.15, 0.2) is 24.4 Å². The van der Waals surface area contributed by atoms with E-state index in [0.29, 0.717) is 27.6 Å². The van der Waals surface area contributed by atoms with Gasteiger partial charge in [0, 0.05) is 17.0 Å². The van der Waals surface area contributed by atoms with Crippen molar-refractivity contribution in [2.75, 3.05) is 11.9 Å². The van der Waals surface area contributed by atoms with Gasteiger partial charge in [-0.25, -0.2) is 4.98 Å². The Kier molecular flexibility index (Phi) is 4.16. The maximum absolute atomic E-state index is 6.19. The molecule has 1 aromatic heterocycles. The van der Waals surface area contributed by atoms with Gasteiger partial charge in [-0.1, -0.05) is 34.8 Å². The highest BCUT2D eigenvalue weighted by atomic mass is 35.5. The van der Waals surface area contributed by atoms with Gasteiger partial charge in [0.1, 0.15) is 10.9 Å². The van der Waals surface area contributed by atoms with Crippen molar-refractivity contribution >= 4 is 40.5 Å². The van der Waals surface area contributed by atoms with Crippen molar-refractivity contribution in [2.24, 2.45) is 0 Å². The maximum atomic E-state index is 6.19. The number of aryl methyl sites for hydroxylation is 1. The lowest BCUT2D eigenvalue weighted by Crippen LogP contribution is -2.20. The average Bonchev–Trinajstić information content (AvgIpc) is 2.44. The van der Waals surface area contributed by atoms with Crippen LogP contribution in [0.2, 0.25) is 15.2 Å². The third-order valence-electron chi connectivity index (χ3n) is 3.42. The lowest BCUT2D eigenvalue weighted by Gasteiger charge is -2.28. The monoisotopic (exact) mass is 342 g/mol. The summed E-state index contributed by atoms with van der Waals surface area (Å²) >= 11 is 18.2. The Bertz CT molecular complexity index is 691. The van der Waals surface area contributed by atoms with Crippen molar-refractivity contribution in [3.8, 4) is 5.75 Å². The molecule has 0 amide bonds. The number of rotatable bonds is 2. The molecule has 2 aromatic rings. The van der Waals surface area contributed by atoms with Crippen LogP contribution in [0.1, 0.15) is 23.6 Å². The Balaban J connectivity index is 1.93. The maximum Gasteiger partial charge on any atom is 0.143 e. The third kappa shape index (κ3) is 3.05. The van der Waals surface area contributed by atoms with E-state index in [4.69, 9.17) is 39.5 Å². The number of benzene rings is 1. The summed E-state index contributed by atoms with van der Waals surface area (Å²) in [6.07, 6.45) is 2.54. The summed E-state index contributed by atoms with van der Waals surface area (Å²) < 4.78 is 5.65. The number of hydrogen-bond acceptors (Lipinski definition) is 3. The van der Waals surface area contributed by atoms with E-state index >= 15 is 0 Å². The first-order valence-corrected chi connectivity index (χ1v) is 7.68. The lowest BCUT2D eigenvalue weighted by molar-refractivity contribution is 0.274. The molecule has 0 radical (unpaired) electrons. The molecule has 0 bridgehead atoms. The summed E-state index contributed by atoms with van der Waals surface area (Å²) in [5.74, 6) is 0.698. The predicted octanol–water partition coefficient (Wildman–Crippen LogP) is 5.29. The number of nitrogens with one attached hydrogen (secondary N) is 1. The van der Waals surface area contributed by atoms with Gasteiger partial charge in [0.25, 0.3) is 0 Å². The normalized spacial score (nSPS) is 17.0. The molecule has 1 aliphatic heterocycles. The van der Waals surface area contributed by atoms with Crippen LogP contribution in [0, 0.1) is 6.92 Å². The highest BCUT2D eigenvalue weighted by molar-refractivity contribution is 6.35. The molecule has 0 saturated heterocycles. The summed E-state index contributed by atoms with van der Waals surface area (Å²) in [5, 5.41) is 5.09. The molecule has 21 heavy (non-hydrogen) atoms. The minimum atomic E-state index is 0.0762. The summed E-state index contributed by atoms with van der Waals surface area (Å²) in [6, 6.07) is 5.62. The van der Waals surface area contributed by atoms with Gasteiger partial charge in [0.15, 0.2) is 0 Å². The fourth-order valence-electron chi connectivity index (χ4n) is 2.41. The molecule has 6 heteroatoms. The second-order valence-corrected chi connectivity index (χ2v) is 6.17. The van der Waals surface area contributed by atoms with Crippen molar-refractivity contribution in [1.29, 1.82) is 0 Å². The smallest absolute Gasteiger partial charge is 0.143 e. The molecule has 0 saturated carbocycles. The van der Waals surface area contributed by atoms with Gasteiger partial charge >= 0.3 is 0 Å². The molecule has 0 fully saturated rings. The molecular weight excluding hydrogens is 331 g/mol. The van der Waals surface area contributed by atoms with Crippen molar-refractivity contribution in [2.45, 2.75) is 19.4 Å². The fraction of sp³-hybridized carbons (Fsp3) is 0.267. The molecule has 1 unspecified atom stereocenters.